The Morgan fingerprint density at radius 2 is 1.69 bits per heavy atom. The van der Waals surface area contributed by atoms with Crippen molar-refractivity contribution in [2.75, 3.05) is 6.54 Å². The number of aliphatic hydroxyl groups is 1. The van der Waals surface area contributed by atoms with Gasteiger partial charge in [-0.2, -0.15) is 0 Å². The van der Waals surface area contributed by atoms with Crippen molar-refractivity contribution in [1.82, 2.24) is 25.9 Å². The van der Waals surface area contributed by atoms with E-state index in [2.05, 4.69) is 25.9 Å². The van der Waals surface area contributed by atoms with Crippen LogP contribution in [0.15, 0.2) is 12.5 Å². The summed E-state index contributed by atoms with van der Waals surface area (Å²) >= 11 is 0. The van der Waals surface area contributed by atoms with E-state index in [0.29, 0.717) is 31.5 Å². The first kappa shape index (κ1) is 30.0. The Hall–Kier alpha value is -3.03. The number of aromatic amines is 1. The number of hydrogen-bond donors (Lipinski definition) is 8. The Labute approximate surface area is 204 Å². The molecule has 3 amide bonds. The monoisotopic (exact) mass is 497 g/mol. The molecule has 0 saturated heterocycles. The van der Waals surface area contributed by atoms with Crippen LogP contribution < -0.4 is 27.4 Å². The Morgan fingerprint density at radius 3 is 2.20 bits per heavy atom. The number of aliphatic carboxylic acids is 1. The van der Waals surface area contributed by atoms with E-state index in [1.807, 2.05) is 6.92 Å². The van der Waals surface area contributed by atoms with Crippen molar-refractivity contribution in [3.8, 4) is 0 Å². The van der Waals surface area contributed by atoms with Crippen LogP contribution in [0, 0.1) is 5.92 Å². The highest BCUT2D eigenvalue weighted by molar-refractivity contribution is 5.94. The van der Waals surface area contributed by atoms with Crippen LogP contribution in [0.25, 0.3) is 0 Å². The number of hydrogen-bond acceptors (Lipinski definition) is 8. The molecule has 1 rings (SSSR count). The first-order valence-corrected chi connectivity index (χ1v) is 11.8. The summed E-state index contributed by atoms with van der Waals surface area (Å²) in [5, 5.41) is 26.8. The number of carboxylic acids is 1. The minimum atomic E-state index is -1.24. The van der Waals surface area contributed by atoms with Gasteiger partial charge >= 0.3 is 5.97 Å². The van der Waals surface area contributed by atoms with E-state index in [0.717, 1.165) is 0 Å². The number of amides is 3. The lowest BCUT2D eigenvalue weighted by molar-refractivity contribution is -0.143. The molecule has 13 heteroatoms. The summed E-state index contributed by atoms with van der Waals surface area (Å²) in [6, 6.07) is -4.57. The molecule has 1 aromatic rings. The van der Waals surface area contributed by atoms with Gasteiger partial charge in [-0.3, -0.25) is 14.4 Å². The molecule has 6 unspecified atom stereocenters. The summed E-state index contributed by atoms with van der Waals surface area (Å²) in [5.74, 6) is -3.58. The van der Waals surface area contributed by atoms with Crippen LogP contribution >= 0.6 is 0 Å². The van der Waals surface area contributed by atoms with Gasteiger partial charge in [-0.1, -0.05) is 20.3 Å². The topological polar surface area (TPSA) is 226 Å². The Balaban J connectivity index is 3.09. The predicted octanol–water partition coefficient (Wildman–Crippen LogP) is -1.63. The van der Waals surface area contributed by atoms with Gasteiger partial charge in [0.15, 0.2) is 0 Å². The third-order valence-electron chi connectivity index (χ3n) is 5.79. The largest absolute Gasteiger partial charge is 0.480 e. The summed E-state index contributed by atoms with van der Waals surface area (Å²) in [5.41, 5.74) is 11.8. The van der Waals surface area contributed by atoms with Gasteiger partial charge in [0.05, 0.1) is 12.4 Å². The molecule has 0 bridgehead atoms. The van der Waals surface area contributed by atoms with Crippen LogP contribution in [0.3, 0.4) is 0 Å². The van der Waals surface area contributed by atoms with Crippen LogP contribution in [0.5, 0.6) is 0 Å². The minimum Gasteiger partial charge on any atom is -0.480 e. The number of unbranched alkanes of at least 4 members (excludes halogenated alkanes) is 1. The number of nitrogens with two attached hydrogens (primary N) is 2. The lowest BCUT2D eigenvalue weighted by Crippen LogP contribution is -2.59. The molecular formula is C22H39N7O6. The van der Waals surface area contributed by atoms with Gasteiger partial charge in [-0.25, -0.2) is 9.78 Å². The Bertz CT molecular complexity index is 817. The van der Waals surface area contributed by atoms with Gasteiger partial charge in [0, 0.05) is 18.3 Å². The summed E-state index contributed by atoms with van der Waals surface area (Å²) in [7, 11) is 0. The van der Waals surface area contributed by atoms with Crippen molar-refractivity contribution in [2.45, 2.75) is 83.1 Å². The standard InChI is InChI=1S/C22H39N7O6/c1-4-12(2)18(22(34)35)29-20(32)16(9-14-10-25-11-26-14)28-19(31)15(7-5-6-8-23)27-21(33)17(24)13(3)30/h10-13,15-18,30H,4-9,23-24H2,1-3H3,(H,25,26)(H,27,33)(H,28,31)(H,29,32)(H,34,35). The molecule has 0 aromatic carbocycles. The number of H-pyrrole nitrogens is 1. The SMILES string of the molecule is CCC(C)C(NC(=O)C(Cc1cnc[nH]1)NC(=O)C(CCCCN)NC(=O)C(N)C(C)O)C(=O)O. The van der Waals surface area contributed by atoms with Crippen molar-refractivity contribution < 1.29 is 29.4 Å². The van der Waals surface area contributed by atoms with Crippen molar-refractivity contribution in [3.63, 3.8) is 0 Å². The van der Waals surface area contributed by atoms with E-state index in [9.17, 15) is 29.4 Å². The minimum absolute atomic E-state index is 0.0150. The third-order valence-corrected chi connectivity index (χ3v) is 5.79. The fourth-order valence-electron chi connectivity index (χ4n) is 3.28. The molecule has 1 aromatic heterocycles. The number of nitrogens with one attached hydrogen (secondary N) is 4. The summed E-state index contributed by atoms with van der Waals surface area (Å²) in [4.78, 5) is 57.0. The Kier molecular flexibility index (Phi) is 12.9. The smallest absolute Gasteiger partial charge is 0.326 e. The maximum absolute atomic E-state index is 13.1. The van der Waals surface area contributed by atoms with Crippen LogP contribution in [0.4, 0.5) is 0 Å². The van der Waals surface area contributed by atoms with E-state index < -0.39 is 54.0 Å². The van der Waals surface area contributed by atoms with Crippen LogP contribution in [-0.4, -0.2) is 80.7 Å². The predicted molar refractivity (Wildman–Crippen MR) is 128 cm³/mol. The van der Waals surface area contributed by atoms with Crippen LogP contribution in [-0.2, 0) is 25.6 Å². The number of aliphatic hydroxyl groups excluding tert-OH is 1. The van der Waals surface area contributed by atoms with Gasteiger partial charge in [0.25, 0.3) is 0 Å². The summed E-state index contributed by atoms with van der Waals surface area (Å²) < 4.78 is 0. The first-order chi connectivity index (χ1) is 16.5. The van der Waals surface area contributed by atoms with Crippen molar-refractivity contribution in [1.29, 1.82) is 0 Å². The van der Waals surface area contributed by atoms with Crippen molar-refractivity contribution in [2.24, 2.45) is 17.4 Å². The van der Waals surface area contributed by atoms with E-state index in [-0.39, 0.29) is 18.8 Å². The molecule has 10 N–H and O–H groups in total. The van der Waals surface area contributed by atoms with Crippen molar-refractivity contribution >= 4 is 23.7 Å². The van der Waals surface area contributed by atoms with Gasteiger partial charge < -0.3 is 42.6 Å². The molecule has 0 aliphatic carbocycles. The second-order valence-electron chi connectivity index (χ2n) is 8.66. The van der Waals surface area contributed by atoms with E-state index in [1.54, 1.807) is 6.92 Å². The second-order valence-corrected chi connectivity index (χ2v) is 8.66. The van der Waals surface area contributed by atoms with Crippen LogP contribution in [0.1, 0.15) is 52.1 Å². The number of aromatic nitrogens is 2. The highest BCUT2D eigenvalue weighted by atomic mass is 16.4. The fraction of sp³-hybridized carbons (Fsp3) is 0.682. The zero-order valence-corrected chi connectivity index (χ0v) is 20.5. The van der Waals surface area contributed by atoms with Gasteiger partial charge in [0.2, 0.25) is 17.7 Å². The number of rotatable bonds is 16. The molecule has 0 fully saturated rings. The van der Waals surface area contributed by atoms with Crippen molar-refractivity contribution in [3.05, 3.63) is 18.2 Å². The second kappa shape index (κ2) is 15.1. The average Bonchev–Trinajstić information content (AvgIpc) is 3.33. The molecule has 0 saturated carbocycles. The average molecular weight is 498 g/mol. The third kappa shape index (κ3) is 10.0. The molecular weight excluding hydrogens is 458 g/mol. The number of nitrogens with zero attached hydrogens (tertiary/aromatic N) is 1. The molecule has 0 aliphatic heterocycles. The zero-order chi connectivity index (χ0) is 26.5. The highest BCUT2D eigenvalue weighted by Crippen LogP contribution is 2.10. The molecule has 35 heavy (non-hydrogen) atoms. The lowest BCUT2D eigenvalue weighted by Gasteiger charge is -2.26. The van der Waals surface area contributed by atoms with E-state index in [4.69, 9.17) is 11.5 Å². The van der Waals surface area contributed by atoms with Gasteiger partial charge in [-0.15, -0.1) is 0 Å². The number of imidazole rings is 1. The number of carbonyl (C=O) groups is 4. The quantitative estimate of drug-likeness (QED) is 0.123. The number of carboxylic acid groups (broad SMARTS) is 1. The maximum Gasteiger partial charge on any atom is 0.326 e. The van der Waals surface area contributed by atoms with Gasteiger partial charge in [0.1, 0.15) is 24.2 Å². The number of carbonyl (C=O) groups excluding carboxylic acids is 3. The molecule has 1 heterocycles. The molecule has 0 spiro atoms. The van der Waals surface area contributed by atoms with E-state index in [1.165, 1.54) is 19.4 Å². The maximum atomic E-state index is 13.1. The van der Waals surface area contributed by atoms with E-state index >= 15 is 0 Å². The fourth-order valence-corrected chi connectivity index (χ4v) is 3.28. The van der Waals surface area contributed by atoms with Crippen LogP contribution in [0.2, 0.25) is 0 Å². The first-order valence-electron chi connectivity index (χ1n) is 11.8. The highest BCUT2D eigenvalue weighted by Gasteiger charge is 2.32. The van der Waals surface area contributed by atoms with Gasteiger partial charge in [-0.05, 0) is 38.6 Å². The molecule has 13 nitrogen and oxygen atoms in total. The Morgan fingerprint density at radius 1 is 1.06 bits per heavy atom. The molecule has 6 atom stereocenters. The molecule has 0 radical (unpaired) electrons. The lowest BCUT2D eigenvalue weighted by atomic mass is 9.98. The summed E-state index contributed by atoms with van der Waals surface area (Å²) in [6.07, 6.45) is 3.66. The zero-order valence-electron chi connectivity index (χ0n) is 20.5. The summed E-state index contributed by atoms with van der Waals surface area (Å²) in [6.45, 7) is 5.26. The molecule has 0 aliphatic rings. The normalized spacial score (nSPS) is 16.3. The molecule has 198 valence electrons.